The van der Waals surface area contributed by atoms with Gasteiger partial charge < -0.3 is 14.2 Å². The van der Waals surface area contributed by atoms with Crippen molar-refractivity contribution < 1.29 is 33.4 Å². The van der Waals surface area contributed by atoms with Crippen LogP contribution in [0.25, 0.3) is 6.08 Å². The van der Waals surface area contributed by atoms with Gasteiger partial charge in [-0.1, -0.05) is 23.2 Å². The highest BCUT2D eigenvalue weighted by molar-refractivity contribution is 8.18. The van der Waals surface area contributed by atoms with Crippen LogP contribution in [0.1, 0.15) is 19.4 Å². The van der Waals surface area contributed by atoms with Crippen molar-refractivity contribution in [2.24, 2.45) is 0 Å². The topological polar surface area (TPSA) is 99.2 Å². The van der Waals surface area contributed by atoms with Crippen LogP contribution in [0, 0.1) is 0 Å². The predicted molar refractivity (Wildman–Crippen MR) is 108 cm³/mol. The number of hydrogen-bond donors (Lipinski definition) is 0. The van der Waals surface area contributed by atoms with Gasteiger partial charge in [0, 0.05) is 0 Å². The molecule has 0 radical (unpaired) electrons. The minimum atomic E-state index is -1.05. The number of halogens is 2. The van der Waals surface area contributed by atoms with Gasteiger partial charge in [-0.2, -0.15) is 0 Å². The van der Waals surface area contributed by atoms with E-state index in [4.69, 9.17) is 32.7 Å². The molecule has 1 saturated heterocycles. The largest absolute Gasteiger partial charge is 0.479 e. The minimum Gasteiger partial charge on any atom is -0.479 e. The molecule has 0 aliphatic carbocycles. The number of benzene rings is 1. The monoisotopic (exact) mass is 461 g/mol. The molecule has 1 fully saturated rings. The normalized spacial score (nSPS) is 16.2. The van der Waals surface area contributed by atoms with Crippen LogP contribution in [0.3, 0.4) is 0 Å². The number of rotatable bonds is 7. The van der Waals surface area contributed by atoms with Crippen molar-refractivity contribution in [3.05, 3.63) is 32.6 Å². The number of amides is 2. The summed E-state index contributed by atoms with van der Waals surface area (Å²) in [5, 5.41) is -0.379. The summed E-state index contributed by atoms with van der Waals surface area (Å²) in [5.74, 6) is -1.82. The lowest BCUT2D eigenvalue weighted by molar-refractivity contribution is -0.150. The SMILES string of the molecule is CCOC(=O)C(C)N1C(=O)SC(=Cc2cc(Cl)c(OCC(=O)OC)c(Cl)c2)C1=O. The van der Waals surface area contributed by atoms with Gasteiger partial charge in [-0.25, -0.2) is 9.59 Å². The lowest BCUT2D eigenvalue weighted by Crippen LogP contribution is -2.42. The molecule has 2 amide bonds. The van der Waals surface area contributed by atoms with Crippen molar-refractivity contribution in [3.8, 4) is 5.75 Å². The molecule has 1 aliphatic rings. The van der Waals surface area contributed by atoms with Crippen LogP contribution >= 0.6 is 35.0 Å². The smallest absolute Gasteiger partial charge is 0.343 e. The van der Waals surface area contributed by atoms with Crippen LogP contribution < -0.4 is 4.74 Å². The number of hydrogen-bond acceptors (Lipinski definition) is 8. The second-order valence-corrected chi connectivity index (χ2v) is 7.47. The highest BCUT2D eigenvalue weighted by Gasteiger charge is 2.41. The van der Waals surface area contributed by atoms with E-state index >= 15 is 0 Å². The van der Waals surface area contributed by atoms with E-state index in [-0.39, 0.29) is 33.9 Å². The lowest BCUT2D eigenvalue weighted by atomic mass is 10.2. The average Bonchev–Trinajstić information content (AvgIpc) is 2.93. The average molecular weight is 462 g/mol. The van der Waals surface area contributed by atoms with Crippen molar-refractivity contribution >= 4 is 64.1 Å². The van der Waals surface area contributed by atoms with Crippen LogP contribution in [0.2, 0.25) is 10.0 Å². The van der Waals surface area contributed by atoms with Crippen LogP contribution in [-0.2, 0) is 23.9 Å². The summed E-state index contributed by atoms with van der Waals surface area (Å²) in [4.78, 5) is 48.8. The number of methoxy groups -OCH3 is 1. The third-order valence-corrected chi connectivity index (χ3v) is 5.16. The highest BCUT2D eigenvalue weighted by Crippen LogP contribution is 2.38. The summed E-state index contributed by atoms with van der Waals surface area (Å²) in [5.41, 5.74) is 0.430. The molecule has 0 aromatic heterocycles. The molecule has 11 heteroatoms. The fraction of sp³-hybridized carbons (Fsp3) is 0.333. The molecule has 1 aromatic carbocycles. The Morgan fingerprint density at radius 2 is 1.86 bits per heavy atom. The van der Waals surface area contributed by atoms with Crippen LogP contribution in [0.15, 0.2) is 17.0 Å². The molecule has 1 heterocycles. The number of ether oxygens (including phenoxy) is 3. The Morgan fingerprint density at radius 3 is 2.41 bits per heavy atom. The molecule has 0 spiro atoms. The van der Waals surface area contributed by atoms with Gasteiger partial charge in [0.25, 0.3) is 11.1 Å². The highest BCUT2D eigenvalue weighted by atomic mass is 35.5. The Hall–Kier alpha value is -2.23. The third kappa shape index (κ3) is 5.43. The van der Waals surface area contributed by atoms with E-state index in [1.807, 2.05) is 0 Å². The summed E-state index contributed by atoms with van der Waals surface area (Å²) in [6.07, 6.45) is 1.42. The zero-order chi connectivity index (χ0) is 21.7. The molecule has 0 N–H and O–H groups in total. The second kappa shape index (κ2) is 10.00. The van der Waals surface area contributed by atoms with E-state index in [0.717, 1.165) is 4.90 Å². The molecular weight excluding hydrogens is 445 g/mol. The molecule has 2 rings (SSSR count). The Morgan fingerprint density at radius 1 is 1.24 bits per heavy atom. The summed E-state index contributed by atoms with van der Waals surface area (Å²) >= 11 is 13.0. The first-order chi connectivity index (χ1) is 13.7. The number of nitrogens with zero attached hydrogens (tertiary/aromatic N) is 1. The first-order valence-electron chi connectivity index (χ1n) is 8.31. The van der Waals surface area contributed by atoms with E-state index in [1.54, 1.807) is 6.92 Å². The van der Waals surface area contributed by atoms with Crippen LogP contribution in [0.5, 0.6) is 5.75 Å². The van der Waals surface area contributed by atoms with Gasteiger partial charge in [0.2, 0.25) is 0 Å². The fourth-order valence-corrected chi connectivity index (χ4v) is 3.85. The van der Waals surface area contributed by atoms with Gasteiger partial charge in [0.1, 0.15) is 6.04 Å². The molecule has 0 bridgehead atoms. The van der Waals surface area contributed by atoms with E-state index in [0.29, 0.717) is 17.3 Å². The molecule has 29 heavy (non-hydrogen) atoms. The summed E-state index contributed by atoms with van der Waals surface area (Å²) < 4.78 is 14.6. The third-order valence-electron chi connectivity index (χ3n) is 3.72. The molecule has 1 unspecified atom stereocenters. The zero-order valence-electron chi connectivity index (χ0n) is 15.7. The Labute approximate surface area is 181 Å². The molecule has 1 atom stereocenters. The molecule has 1 aliphatic heterocycles. The Bertz CT molecular complexity index is 864. The summed E-state index contributed by atoms with van der Waals surface area (Å²) in [6, 6.07) is 1.88. The van der Waals surface area contributed by atoms with Crippen molar-refractivity contribution in [3.63, 3.8) is 0 Å². The van der Waals surface area contributed by atoms with Gasteiger partial charge in [-0.05, 0) is 49.4 Å². The van der Waals surface area contributed by atoms with Crippen LogP contribution in [-0.4, -0.2) is 54.4 Å². The van der Waals surface area contributed by atoms with E-state index < -0.39 is 29.1 Å². The molecule has 1 aromatic rings. The number of esters is 2. The van der Waals surface area contributed by atoms with Crippen molar-refractivity contribution in [2.75, 3.05) is 20.3 Å². The lowest BCUT2D eigenvalue weighted by Gasteiger charge is -2.19. The number of carbonyl (C=O) groups excluding carboxylic acids is 4. The van der Waals surface area contributed by atoms with Crippen molar-refractivity contribution in [1.82, 2.24) is 4.90 Å². The second-order valence-electron chi connectivity index (χ2n) is 5.66. The predicted octanol–water partition coefficient (Wildman–Crippen LogP) is 3.53. The minimum absolute atomic E-state index is 0.0833. The van der Waals surface area contributed by atoms with E-state index in [2.05, 4.69) is 4.74 Å². The van der Waals surface area contributed by atoms with Gasteiger partial charge in [-0.3, -0.25) is 14.5 Å². The Balaban J connectivity index is 2.24. The first kappa shape index (κ1) is 23.1. The van der Waals surface area contributed by atoms with Gasteiger partial charge in [0.05, 0.1) is 28.7 Å². The summed E-state index contributed by atoms with van der Waals surface area (Å²) in [7, 11) is 1.22. The van der Waals surface area contributed by atoms with E-state index in [9.17, 15) is 19.2 Å². The van der Waals surface area contributed by atoms with E-state index in [1.165, 1.54) is 32.2 Å². The maximum Gasteiger partial charge on any atom is 0.343 e. The quantitative estimate of drug-likeness (QED) is 0.448. The Kier molecular flexibility index (Phi) is 7.95. The summed E-state index contributed by atoms with van der Waals surface area (Å²) in [6.45, 7) is 2.80. The van der Waals surface area contributed by atoms with Gasteiger partial charge in [-0.15, -0.1) is 0 Å². The molecule has 156 valence electrons. The van der Waals surface area contributed by atoms with Gasteiger partial charge in [0.15, 0.2) is 12.4 Å². The maximum absolute atomic E-state index is 12.6. The fourth-order valence-electron chi connectivity index (χ4n) is 2.32. The number of carbonyl (C=O) groups is 4. The molecule has 0 saturated carbocycles. The van der Waals surface area contributed by atoms with Gasteiger partial charge >= 0.3 is 11.9 Å². The number of imide groups is 1. The first-order valence-corrected chi connectivity index (χ1v) is 9.89. The molecule has 8 nitrogen and oxygen atoms in total. The maximum atomic E-state index is 12.6. The molecular formula is C18H17Cl2NO7S. The van der Waals surface area contributed by atoms with Crippen LogP contribution in [0.4, 0.5) is 4.79 Å². The van der Waals surface area contributed by atoms with Crippen molar-refractivity contribution in [1.29, 1.82) is 0 Å². The standard InChI is InChI=1S/C18H17Cl2NO7S/c1-4-27-17(24)9(2)21-16(23)13(29-18(21)25)7-10-5-11(19)15(12(20)6-10)28-8-14(22)26-3/h5-7,9H,4,8H2,1-3H3. The number of thioether (sulfide) groups is 1. The zero-order valence-corrected chi connectivity index (χ0v) is 18.0. The van der Waals surface area contributed by atoms with Crippen molar-refractivity contribution in [2.45, 2.75) is 19.9 Å².